The number of halogens is 1. The zero-order valence-electron chi connectivity index (χ0n) is 18.2. The van der Waals surface area contributed by atoms with Crippen molar-refractivity contribution in [2.45, 2.75) is 63.3 Å². The molecule has 2 aliphatic carbocycles. The first kappa shape index (κ1) is 21.5. The summed E-state index contributed by atoms with van der Waals surface area (Å²) in [5, 5.41) is 10.2. The minimum absolute atomic E-state index is 0. The molecule has 5 rings (SSSR count). The van der Waals surface area contributed by atoms with Gasteiger partial charge in [0.05, 0.1) is 7.11 Å². The Morgan fingerprint density at radius 3 is 2.80 bits per heavy atom. The van der Waals surface area contributed by atoms with Gasteiger partial charge in [-0.3, -0.25) is 4.90 Å². The summed E-state index contributed by atoms with van der Waals surface area (Å²) in [7, 11) is 1.74. The molecule has 2 bridgehead atoms. The first-order valence-electron chi connectivity index (χ1n) is 11.3. The molecule has 162 valence electrons. The van der Waals surface area contributed by atoms with Crippen LogP contribution in [0, 0.1) is 12.8 Å². The Balaban J connectivity index is 0.00000218. The van der Waals surface area contributed by atoms with Crippen LogP contribution >= 0.6 is 12.4 Å². The monoisotopic (exact) mass is 427 g/mol. The first-order valence-corrected chi connectivity index (χ1v) is 11.3. The third-order valence-corrected chi connectivity index (χ3v) is 8.15. The van der Waals surface area contributed by atoms with E-state index < -0.39 is 0 Å². The van der Waals surface area contributed by atoms with Crippen molar-refractivity contribution in [2.75, 3.05) is 20.2 Å². The number of aryl methyl sites for hydroxylation is 1. The van der Waals surface area contributed by atoms with Crippen molar-refractivity contribution in [3.05, 3.63) is 58.7 Å². The van der Waals surface area contributed by atoms with Crippen LogP contribution in [0.3, 0.4) is 0 Å². The van der Waals surface area contributed by atoms with Crippen LogP contribution in [0.5, 0.6) is 11.5 Å². The Hall–Kier alpha value is -1.71. The summed E-state index contributed by atoms with van der Waals surface area (Å²) in [5.74, 6) is 2.14. The van der Waals surface area contributed by atoms with Gasteiger partial charge in [0.15, 0.2) is 0 Å². The lowest BCUT2D eigenvalue weighted by Gasteiger charge is -2.59. The van der Waals surface area contributed by atoms with Crippen LogP contribution in [0.25, 0.3) is 0 Å². The van der Waals surface area contributed by atoms with Crippen molar-refractivity contribution >= 4 is 12.4 Å². The van der Waals surface area contributed by atoms with Crippen LogP contribution in [0.15, 0.2) is 36.4 Å². The summed E-state index contributed by atoms with van der Waals surface area (Å²) in [5.41, 5.74) is 6.03. The number of hydrogen-bond donors (Lipinski definition) is 1. The topological polar surface area (TPSA) is 32.7 Å². The normalized spacial score (nSPS) is 27.5. The molecule has 0 aromatic heterocycles. The standard InChI is InChI=1S/C26H33NO2.ClH/c1-18-15-22(29-2)9-7-19(18)10-13-27-14-12-26-11-4-3-5-23(26)25(27)16-20-6-8-21(28)17-24(20)26;/h6-9,15,17,23,25,28H,3-5,10-14,16H2,1-2H3;1H/t23-,25-,26-;/m0./s1. The van der Waals surface area contributed by atoms with Gasteiger partial charge in [-0.05, 0) is 98.0 Å². The molecule has 2 aromatic rings. The third-order valence-electron chi connectivity index (χ3n) is 8.15. The third kappa shape index (κ3) is 3.50. The van der Waals surface area contributed by atoms with Crippen molar-refractivity contribution in [1.29, 1.82) is 0 Å². The van der Waals surface area contributed by atoms with Gasteiger partial charge in [-0.2, -0.15) is 0 Å². The van der Waals surface area contributed by atoms with E-state index in [0.717, 1.165) is 31.1 Å². The number of rotatable bonds is 4. The second-order valence-corrected chi connectivity index (χ2v) is 9.45. The minimum Gasteiger partial charge on any atom is -0.508 e. The van der Waals surface area contributed by atoms with E-state index in [-0.39, 0.29) is 12.4 Å². The summed E-state index contributed by atoms with van der Waals surface area (Å²) < 4.78 is 5.37. The fourth-order valence-electron chi connectivity index (χ4n) is 6.69. The summed E-state index contributed by atoms with van der Waals surface area (Å²) in [6.07, 6.45) is 8.84. The molecule has 0 radical (unpaired) electrons. The Labute approximate surface area is 186 Å². The van der Waals surface area contributed by atoms with Crippen LogP contribution in [0.4, 0.5) is 0 Å². The molecule has 0 amide bonds. The maximum absolute atomic E-state index is 10.2. The number of benzene rings is 2. The number of ether oxygens (including phenoxy) is 1. The quantitative estimate of drug-likeness (QED) is 0.705. The molecule has 1 heterocycles. The van der Waals surface area contributed by atoms with Crippen molar-refractivity contribution in [3.8, 4) is 11.5 Å². The fourth-order valence-corrected chi connectivity index (χ4v) is 6.69. The van der Waals surface area contributed by atoms with Gasteiger partial charge in [-0.1, -0.05) is 25.0 Å². The zero-order chi connectivity index (χ0) is 20.0. The van der Waals surface area contributed by atoms with E-state index in [1.165, 1.54) is 60.9 Å². The summed E-state index contributed by atoms with van der Waals surface area (Å²) in [6.45, 7) is 4.52. The van der Waals surface area contributed by atoms with Crippen LogP contribution in [-0.2, 0) is 18.3 Å². The van der Waals surface area contributed by atoms with Crippen molar-refractivity contribution in [2.24, 2.45) is 5.92 Å². The highest BCUT2D eigenvalue weighted by molar-refractivity contribution is 5.85. The Morgan fingerprint density at radius 1 is 1.13 bits per heavy atom. The van der Waals surface area contributed by atoms with E-state index >= 15 is 0 Å². The second-order valence-electron chi connectivity index (χ2n) is 9.45. The Bertz CT molecular complexity index is 914. The van der Waals surface area contributed by atoms with Crippen molar-refractivity contribution in [1.82, 2.24) is 4.90 Å². The minimum atomic E-state index is 0. The first-order chi connectivity index (χ1) is 14.1. The predicted octanol–water partition coefficient (Wildman–Crippen LogP) is 5.43. The van der Waals surface area contributed by atoms with Crippen LogP contribution in [-0.4, -0.2) is 36.2 Å². The van der Waals surface area contributed by atoms with E-state index in [2.05, 4.69) is 42.2 Å². The highest BCUT2D eigenvalue weighted by atomic mass is 35.5. The maximum atomic E-state index is 10.2. The average molecular weight is 428 g/mol. The van der Waals surface area contributed by atoms with Gasteiger partial charge >= 0.3 is 0 Å². The largest absolute Gasteiger partial charge is 0.508 e. The molecule has 3 atom stereocenters. The molecule has 30 heavy (non-hydrogen) atoms. The van der Waals surface area contributed by atoms with Gasteiger partial charge in [0.2, 0.25) is 0 Å². The van der Waals surface area contributed by atoms with Crippen molar-refractivity contribution < 1.29 is 9.84 Å². The van der Waals surface area contributed by atoms with Gasteiger partial charge in [0.25, 0.3) is 0 Å². The number of phenolic OH excluding ortho intramolecular Hbond substituents is 1. The molecular weight excluding hydrogens is 394 g/mol. The average Bonchev–Trinajstić information content (AvgIpc) is 2.74. The van der Waals surface area contributed by atoms with Gasteiger partial charge in [0.1, 0.15) is 11.5 Å². The molecular formula is C26H34ClNO2. The van der Waals surface area contributed by atoms with Gasteiger partial charge in [0, 0.05) is 18.0 Å². The number of fused-ring (bicyclic) bond motifs is 1. The Morgan fingerprint density at radius 2 is 2.00 bits per heavy atom. The van der Waals surface area contributed by atoms with Crippen molar-refractivity contribution in [3.63, 3.8) is 0 Å². The van der Waals surface area contributed by atoms with E-state index in [0.29, 0.717) is 17.2 Å². The van der Waals surface area contributed by atoms with E-state index in [1.807, 2.05) is 6.07 Å². The molecule has 0 spiro atoms. The number of hydrogen-bond acceptors (Lipinski definition) is 3. The lowest BCUT2D eigenvalue weighted by molar-refractivity contribution is -0.0107. The van der Waals surface area contributed by atoms with Gasteiger partial charge in [-0.15, -0.1) is 12.4 Å². The molecule has 1 aliphatic heterocycles. The fraction of sp³-hybridized carbons (Fsp3) is 0.538. The van der Waals surface area contributed by atoms with Crippen LogP contribution in [0.2, 0.25) is 0 Å². The number of piperidine rings is 1. The molecule has 4 heteroatoms. The van der Waals surface area contributed by atoms with E-state index in [9.17, 15) is 5.11 Å². The highest BCUT2D eigenvalue weighted by Crippen LogP contribution is 2.56. The van der Waals surface area contributed by atoms with Gasteiger partial charge < -0.3 is 9.84 Å². The molecule has 3 aliphatic rings. The number of methoxy groups -OCH3 is 1. The molecule has 0 unspecified atom stereocenters. The number of nitrogens with zero attached hydrogens (tertiary/aromatic N) is 1. The van der Waals surface area contributed by atoms with E-state index in [1.54, 1.807) is 7.11 Å². The lowest BCUT2D eigenvalue weighted by Crippen LogP contribution is -2.61. The number of likely N-dealkylation sites (tertiary alicyclic amines) is 1. The summed E-state index contributed by atoms with van der Waals surface area (Å²) in [4.78, 5) is 2.79. The maximum Gasteiger partial charge on any atom is 0.119 e. The summed E-state index contributed by atoms with van der Waals surface area (Å²) >= 11 is 0. The molecule has 2 aromatic carbocycles. The molecule has 1 saturated carbocycles. The van der Waals surface area contributed by atoms with E-state index in [4.69, 9.17) is 4.74 Å². The molecule has 1 N–H and O–H groups in total. The molecule has 1 saturated heterocycles. The summed E-state index contributed by atoms with van der Waals surface area (Å²) in [6, 6.07) is 13.3. The van der Waals surface area contributed by atoms with Gasteiger partial charge in [-0.25, -0.2) is 0 Å². The highest BCUT2D eigenvalue weighted by Gasteiger charge is 2.53. The number of phenols is 1. The number of aromatic hydroxyl groups is 1. The smallest absolute Gasteiger partial charge is 0.119 e. The zero-order valence-corrected chi connectivity index (χ0v) is 19.0. The molecule has 3 nitrogen and oxygen atoms in total. The molecule has 2 fully saturated rings. The Kier molecular flexibility index (Phi) is 6.05. The van der Waals surface area contributed by atoms with Crippen LogP contribution < -0.4 is 4.74 Å². The van der Waals surface area contributed by atoms with Crippen LogP contribution in [0.1, 0.15) is 54.4 Å². The SMILES string of the molecule is COc1ccc(CCN2CC[C@@]34CCCC[C@H]3[C@@H]2Cc2ccc(O)cc24)c(C)c1.Cl. The second kappa shape index (κ2) is 8.43. The lowest BCUT2D eigenvalue weighted by atomic mass is 9.52. The predicted molar refractivity (Wildman–Crippen MR) is 124 cm³/mol.